The first kappa shape index (κ1) is 12.0. The molecular weight excluding hydrogens is 216 g/mol. The Bertz CT molecular complexity index is 324. The summed E-state index contributed by atoms with van der Waals surface area (Å²) in [4.78, 5) is 0. The molecule has 1 aliphatic carbocycles. The Morgan fingerprint density at radius 1 is 1.06 bits per heavy atom. The second kappa shape index (κ2) is 5.72. The Balaban J connectivity index is 1.89. The van der Waals surface area contributed by atoms with Crippen molar-refractivity contribution in [3.8, 4) is 0 Å². The van der Waals surface area contributed by atoms with Gasteiger partial charge in [-0.05, 0) is 42.7 Å². The van der Waals surface area contributed by atoms with Gasteiger partial charge in [0.2, 0.25) is 0 Å². The molecule has 1 aromatic rings. The van der Waals surface area contributed by atoms with Crippen LogP contribution in [0.4, 0.5) is 0 Å². The minimum atomic E-state index is 0.864. The molecule has 0 bridgehead atoms. The van der Waals surface area contributed by atoms with Crippen molar-refractivity contribution in [2.45, 2.75) is 45.4 Å². The fourth-order valence-electron chi connectivity index (χ4n) is 2.82. The summed E-state index contributed by atoms with van der Waals surface area (Å²) in [5.41, 5.74) is 1.34. The quantitative estimate of drug-likeness (QED) is 0.685. The van der Waals surface area contributed by atoms with Crippen LogP contribution in [0.25, 0.3) is 0 Å². The molecule has 0 atom stereocenters. The average molecular weight is 237 g/mol. The predicted octanol–water partition coefficient (Wildman–Crippen LogP) is 5.10. The molecule has 88 valence electrons. The van der Waals surface area contributed by atoms with Gasteiger partial charge in [-0.15, -0.1) is 0 Å². The molecule has 0 amide bonds. The zero-order valence-electron chi connectivity index (χ0n) is 10.1. The highest BCUT2D eigenvalue weighted by atomic mass is 35.5. The summed E-state index contributed by atoms with van der Waals surface area (Å²) in [5, 5.41) is 0.945. The lowest BCUT2D eigenvalue weighted by atomic mass is 9.78. The normalized spacial score (nSPS) is 25.6. The summed E-state index contributed by atoms with van der Waals surface area (Å²) in [5.74, 6) is 1.85. The first-order valence-electron chi connectivity index (χ1n) is 6.53. The van der Waals surface area contributed by atoms with Gasteiger partial charge >= 0.3 is 0 Å². The fourth-order valence-corrected chi connectivity index (χ4v) is 3.03. The van der Waals surface area contributed by atoms with Gasteiger partial charge < -0.3 is 0 Å². The van der Waals surface area contributed by atoms with E-state index in [0.717, 1.165) is 16.9 Å². The zero-order chi connectivity index (χ0) is 11.4. The van der Waals surface area contributed by atoms with Gasteiger partial charge in [0.15, 0.2) is 0 Å². The van der Waals surface area contributed by atoms with Crippen LogP contribution in [-0.2, 0) is 6.42 Å². The highest BCUT2D eigenvalue weighted by Gasteiger charge is 2.20. The summed E-state index contributed by atoms with van der Waals surface area (Å²) in [6.07, 6.45) is 8.17. The second-order valence-corrected chi connectivity index (χ2v) is 5.50. The third kappa shape index (κ3) is 3.01. The first-order chi connectivity index (χ1) is 7.79. The van der Waals surface area contributed by atoms with Gasteiger partial charge in [0.25, 0.3) is 0 Å². The van der Waals surface area contributed by atoms with E-state index in [-0.39, 0.29) is 0 Å². The maximum Gasteiger partial charge on any atom is 0.0438 e. The Kier molecular flexibility index (Phi) is 4.29. The van der Waals surface area contributed by atoms with Crippen molar-refractivity contribution in [2.75, 3.05) is 0 Å². The molecule has 0 heterocycles. The van der Waals surface area contributed by atoms with Gasteiger partial charge in [0.1, 0.15) is 0 Å². The van der Waals surface area contributed by atoms with Crippen LogP contribution in [0.1, 0.15) is 44.6 Å². The van der Waals surface area contributed by atoms with Crippen molar-refractivity contribution in [3.05, 3.63) is 34.9 Å². The van der Waals surface area contributed by atoms with Crippen LogP contribution in [0.15, 0.2) is 24.3 Å². The zero-order valence-corrected chi connectivity index (χ0v) is 10.8. The van der Waals surface area contributed by atoms with Crippen LogP contribution < -0.4 is 0 Å². The van der Waals surface area contributed by atoms with Gasteiger partial charge in [-0.2, -0.15) is 0 Å². The SMILES string of the molecule is CC[C@H]1CC[C@H](Cc2ccccc2Cl)CC1. The average Bonchev–Trinajstić information content (AvgIpc) is 2.33. The van der Waals surface area contributed by atoms with Crippen LogP contribution in [0.3, 0.4) is 0 Å². The molecule has 1 heteroatoms. The summed E-state index contributed by atoms with van der Waals surface area (Å²) in [7, 11) is 0. The van der Waals surface area contributed by atoms with Crippen LogP contribution in [-0.4, -0.2) is 0 Å². The van der Waals surface area contributed by atoms with Gasteiger partial charge in [-0.3, -0.25) is 0 Å². The molecule has 0 aliphatic heterocycles. The van der Waals surface area contributed by atoms with Gasteiger partial charge in [-0.1, -0.05) is 56.0 Å². The van der Waals surface area contributed by atoms with E-state index < -0.39 is 0 Å². The van der Waals surface area contributed by atoms with E-state index in [9.17, 15) is 0 Å². The smallest absolute Gasteiger partial charge is 0.0438 e. The molecule has 0 aromatic heterocycles. The third-order valence-corrected chi connectivity index (χ3v) is 4.38. The van der Waals surface area contributed by atoms with Gasteiger partial charge in [-0.25, -0.2) is 0 Å². The predicted molar refractivity (Wildman–Crippen MR) is 70.9 cm³/mol. The topological polar surface area (TPSA) is 0 Å². The lowest BCUT2D eigenvalue weighted by Gasteiger charge is -2.28. The molecule has 0 N–H and O–H groups in total. The standard InChI is InChI=1S/C15H21Cl/c1-2-12-7-9-13(10-8-12)11-14-5-3-4-6-15(14)16/h3-6,12-13H,2,7-11H2,1H3/t12-,13-. The summed E-state index contributed by atoms with van der Waals surface area (Å²) in [6, 6.07) is 8.29. The van der Waals surface area contributed by atoms with Crippen LogP contribution in [0.2, 0.25) is 5.02 Å². The molecule has 0 saturated heterocycles. The Morgan fingerprint density at radius 2 is 1.69 bits per heavy atom. The Hall–Kier alpha value is -0.490. The van der Waals surface area contributed by atoms with E-state index >= 15 is 0 Å². The third-order valence-electron chi connectivity index (χ3n) is 4.01. The molecule has 0 spiro atoms. The van der Waals surface area contributed by atoms with E-state index in [0.29, 0.717) is 0 Å². The number of rotatable bonds is 3. The monoisotopic (exact) mass is 236 g/mol. The molecule has 0 radical (unpaired) electrons. The molecular formula is C15H21Cl. The highest BCUT2D eigenvalue weighted by molar-refractivity contribution is 6.31. The maximum atomic E-state index is 6.20. The first-order valence-corrected chi connectivity index (χ1v) is 6.90. The molecule has 2 rings (SSSR count). The van der Waals surface area contributed by atoms with Gasteiger partial charge in [0.05, 0.1) is 0 Å². The van der Waals surface area contributed by atoms with E-state index in [1.807, 2.05) is 12.1 Å². The number of hydrogen-bond acceptors (Lipinski definition) is 0. The van der Waals surface area contributed by atoms with Crippen molar-refractivity contribution in [3.63, 3.8) is 0 Å². The van der Waals surface area contributed by atoms with Crippen molar-refractivity contribution in [1.82, 2.24) is 0 Å². The Morgan fingerprint density at radius 3 is 2.31 bits per heavy atom. The minimum Gasteiger partial charge on any atom is -0.0840 e. The minimum absolute atomic E-state index is 0.864. The summed E-state index contributed by atoms with van der Waals surface area (Å²) < 4.78 is 0. The largest absolute Gasteiger partial charge is 0.0840 e. The maximum absolute atomic E-state index is 6.20. The molecule has 16 heavy (non-hydrogen) atoms. The molecule has 1 saturated carbocycles. The summed E-state index contributed by atoms with van der Waals surface area (Å²) >= 11 is 6.20. The molecule has 1 aliphatic rings. The van der Waals surface area contributed by atoms with E-state index in [1.54, 1.807) is 0 Å². The van der Waals surface area contributed by atoms with Crippen molar-refractivity contribution in [2.24, 2.45) is 11.8 Å². The lowest BCUT2D eigenvalue weighted by molar-refractivity contribution is 0.268. The fraction of sp³-hybridized carbons (Fsp3) is 0.600. The number of benzene rings is 1. The molecule has 0 unspecified atom stereocenters. The van der Waals surface area contributed by atoms with Crippen molar-refractivity contribution >= 4 is 11.6 Å². The molecule has 1 aromatic carbocycles. The Labute approximate surface area is 104 Å². The van der Waals surface area contributed by atoms with Crippen molar-refractivity contribution < 1.29 is 0 Å². The molecule has 1 fully saturated rings. The number of halogens is 1. The van der Waals surface area contributed by atoms with Crippen LogP contribution >= 0.6 is 11.6 Å². The van der Waals surface area contributed by atoms with E-state index in [2.05, 4.69) is 19.1 Å². The lowest BCUT2D eigenvalue weighted by Crippen LogP contribution is -2.15. The van der Waals surface area contributed by atoms with Crippen LogP contribution in [0, 0.1) is 11.8 Å². The van der Waals surface area contributed by atoms with Crippen LogP contribution in [0.5, 0.6) is 0 Å². The van der Waals surface area contributed by atoms with Crippen molar-refractivity contribution in [1.29, 1.82) is 0 Å². The number of hydrogen-bond donors (Lipinski definition) is 0. The second-order valence-electron chi connectivity index (χ2n) is 5.09. The van der Waals surface area contributed by atoms with Gasteiger partial charge in [0, 0.05) is 5.02 Å². The highest BCUT2D eigenvalue weighted by Crippen LogP contribution is 2.33. The summed E-state index contributed by atoms with van der Waals surface area (Å²) in [6.45, 7) is 2.32. The molecule has 0 nitrogen and oxygen atoms in total. The van der Waals surface area contributed by atoms with E-state index in [1.165, 1.54) is 44.1 Å². The van der Waals surface area contributed by atoms with E-state index in [4.69, 9.17) is 11.6 Å².